The fourth-order valence-corrected chi connectivity index (χ4v) is 1.64. The van der Waals surface area contributed by atoms with Gasteiger partial charge in [0.1, 0.15) is 5.82 Å². The smallest absolute Gasteiger partial charge is 0.131 e. The van der Waals surface area contributed by atoms with Gasteiger partial charge in [-0.25, -0.2) is 9.97 Å². The predicted octanol–water partition coefficient (Wildman–Crippen LogP) is 1.06. The van der Waals surface area contributed by atoms with Crippen LogP contribution in [0.25, 0.3) is 0 Å². The van der Waals surface area contributed by atoms with Crippen molar-refractivity contribution in [3.63, 3.8) is 0 Å². The van der Waals surface area contributed by atoms with Crippen LogP contribution in [0, 0.1) is 0 Å². The third-order valence-electron chi connectivity index (χ3n) is 2.87. The van der Waals surface area contributed by atoms with E-state index in [4.69, 9.17) is 5.73 Å². The molecule has 0 aliphatic rings. The van der Waals surface area contributed by atoms with Crippen molar-refractivity contribution < 1.29 is 0 Å². The minimum atomic E-state index is 0.330. The number of nitrogens with zero attached hydrogens (tertiary/aromatic N) is 4. The zero-order chi connectivity index (χ0) is 13.7. The molecule has 18 heavy (non-hydrogen) atoms. The molecular weight excluding hydrogens is 226 g/mol. The van der Waals surface area contributed by atoms with Crippen LogP contribution >= 0.6 is 0 Å². The van der Waals surface area contributed by atoms with Crippen molar-refractivity contribution in [3.05, 3.63) is 17.7 Å². The largest absolute Gasteiger partial charge is 0.371 e. The topological polar surface area (TPSA) is 58.3 Å². The molecule has 0 aliphatic heterocycles. The maximum absolute atomic E-state index is 5.79. The molecule has 0 atom stereocenters. The van der Waals surface area contributed by atoms with E-state index in [-0.39, 0.29) is 0 Å². The Kier molecular flexibility index (Phi) is 5.50. The summed E-state index contributed by atoms with van der Waals surface area (Å²) in [5, 5.41) is 0. The zero-order valence-corrected chi connectivity index (χ0v) is 12.1. The van der Waals surface area contributed by atoms with Gasteiger partial charge in [-0.1, -0.05) is 13.8 Å². The summed E-state index contributed by atoms with van der Waals surface area (Å²) in [6.07, 6.45) is 1.89. The lowest BCUT2D eigenvalue weighted by Gasteiger charge is -2.23. The lowest BCUT2D eigenvalue weighted by molar-refractivity contribution is 0.416. The second-order valence-corrected chi connectivity index (χ2v) is 5.14. The minimum absolute atomic E-state index is 0.330. The average molecular weight is 251 g/mol. The van der Waals surface area contributed by atoms with Gasteiger partial charge in [0, 0.05) is 32.6 Å². The summed E-state index contributed by atoms with van der Waals surface area (Å²) in [5.41, 5.74) is 7.74. The highest BCUT2D eigenvalue weighted by molar-refractivity contribution is 5.48. The summed E-state index contributed by atoms with van der Waals surface area (Å²) < 4.78 is 0. The van der Waals surface area contributed by atoms with Crippen LogP contribution in [0.2, 0.25) is 0 Å². The van der Waals surface area contributed by atoms with Gasteiger partial charge in [-0.2, -0.15) is 0 Å². The fourth-order valence-electron chi connectivity index (χ4n) is 1.64. The number of anilines is 1. The number of rotatable bonds is 6. The maximum Gasteiger partial charge on any atom is 0.131 e. The third kappa shape index (κ3) is 3.92. The van der Waals surface area contributed by atoms with E-state index in [1.54, 1.807) is 0 Å². The number of hydrogen-bond donors (Lipinski definition) is 1. The molecule has 0 bridgehead atoms. The molecule has 102 valence electrons. The highest BCUT2D eigenvalue weighted by Crippen LogP contribution is 2.18. The normalized spacial score (nSPS) is 11.3. The number of nitrogens with two attached hydrogens (primary N) is 1. The maximum atomic E-state index is 5.79. The first-order valence-corrected chi connectivity index (χ1v) is 6.37. The van der Waals surface area contributed by atoms with Crippen LogP contribution in [-0.4, -0.2) is 49.1 Å². The first-order chi connectivity index (χ1) is 8.45. The van der Waals surface area contributed by atoms with Gasteiger partial charge in [-0.15, -0.1) is 0 Å². The molecule has 0 saturated heterocycles. The molecule has 0 unspecified atom stereocenters. The zero-order valence-electron chi connectivity index (χ0n) is 12.1. The number of likely N-dealkylation sites (N-methyl/N-ethyl adjacent to an activating group) is 2. The van der Waals surface area contributed by atoms with E-state index in [0.29, 0.717) is 12.5 Å². The van der Waals surface area contributed by atoms with E-state index in [2.05, 4.69) is 54.8 Å². The molecule has 0 radical (unpaired) electrons. The molecule has 1 heterocycles. The van der Waals surface area contributed by atoms with Crippen molar-refractivity contribution >= 4 is 5.69 Å². The van der Waals surface area contributed by atoms with E-state index in [0.717, 1.165) is 30.3 Å². The van der Waals surface area contributed by atoms with E-state index in [9.17, 15) is 0 Å². The molecule has 0 aliphatic carbocycles. The van der Waals surface area contributed by atoms with Crippen LogP contribution in [0.4, 0.5) is 5.69 Å². The van der Waals surface area contributed by atoms with Crippen molar-refractivity contribution in [2.75, 3.05) is 39.1 Å². The summed E-state index contributed by atoms with van der Waals surface area (Å²) >= 11 is 0. The van der Waals surface area contributed by atoms with Crippen LogP contribution < -0.4 is 10.6 Å². The van der Waals surface area contributed by atoms with Crippen LogP contribution in [0.5, 0.6) is 0 Å². The Bertz CT molecular complexity index is 376. The fraction of sp³-hybridized carbons (Fsp3) is 0.692. The van der Waals surface area contributed by atoms with Gasteiger partial charge in [0.05, 0.1) is 17.6 Å². The van der Waals surface area contributed by atoms with Gasteiger partial charge >= 0.3 is 0 Å². The Labute approximate surface area is 110 Å². The van der Waals surface area contributed by atoms with Crippen LogP contribution in [0.3, 0.4) is 0 Å². The van der Waals surface area contributed by atoms with Crippen molar-refractivity contribution in [2.24, 2.45) is 5.73 Å². The van der Waals surface area contributed by atoms with E-state index >= 15 is 0 Å². The Morgan fingerprint density at radius 3 is 2.39 bits per heavy atom. The second-order valence-electron chi connectivity index (χ2n) is 5.14. The molecule has 0 amide bonds. The average Bonchev–Trinajstić information content (AvgIpc) is 2.34. The van der Waals surface area contributed by atoms with Crippen molar-refractivity contribution in [1.29, 1.82) is 0 Å². The van der Waals surface area contributed by atoms with Crippen LogP contribution in [0.15, 0.2) is 6.20 Å². The summed E-state index contributed by atoms with van der Waals surface area (Å²) in [7, 11) is 6.18. The van der Waals surface area contributed by atoms with Gasteiger partial charge in [0.15, 0.2) is 0 Å². The number of hydrogen-bond acceptors (Lipinski definition) is 5. The summed E-state index contributed by atoms with van der Waals surface area (Å²) in [4.78, 5) is 13.3. The molecule has 5 heteroatoms. The highest BCUT2D eigenvalue weighted by Gasteiger charge is 2.11. The predicted molar refractivity (Wildman–Crippen MR) is 75.8 cm³/mol. The third-order valence-corrected chi connectivity index (χ3v) is 2.87. The van der Waals surface area contributed by atoms with Gasteiger partial charge < -0.3 is 15.5 Å². The molecule has 0 saturated carbocycles. The molecule has 5 nitrogen and oxygen atoms in total. The SMILES string of the molecule is CC(C)c1ncc(N(C)CCN(C)C)c(CN)n1. The molecule has 0 spiro atoms. The molecule has 2 N–H and O–H groups in total. The van der Waals surface area contributed by atoms with Crippen molar-refractivity contribution in [1.82, 2.24) is 14.9 Å². The molecule has 0 aromatic carbocycles. The first kappa shape index (κ1) is 14.9. The highest BCUT2D eigenvalue weighted by atomic mass is 15.2. The lowest BCUT2D eigenvalue weighted by Crippen LogP contribution is -2.30. The van der Waals surface area contributed by atoms with Gasteiger partial charge in [0.25, 0.3) is 0 Å². The first-order valence-electron chi connectivity index (χ1n) is 6.37. The Morgan fingerprint density at radius 2 is 1.89 bits per heavy atom. The standard InChI is InChI=1S/C13H25N5/c1-10(2)13-15-9-12(11(8-14)16-13)18(5)7-6-17(3)4/h9-10H,6-8,14H2,1-5H3. The van der Waals surface area contributed by atoms with Crippen LogP contribution in [-0.2, 0) is 6.54 Å². The van der Waals surface area contributed by atoms with Crippen LogP contribution in [0.1, 0.15) is 31.3 Å². The van der Waals surface area contributed by atoms with Gasteiger partial charge in [-0.05, 0) is 14.1 Å². The lowest BCUT2D eigenvalue weighted by atomic mass is 10.2. The summed E-state index contributed by atoms with van der Waals surface area (Å²) in [6, 6.07) is 0. The Balaban J connectivity index is 2.87. The molecule has 1 rings (SSSR count). The number of aromatic nitrogens is 2. The molecule has 1 aromatic rings. The summed E-state index contributed by atoms with van der Waals surface area (Å²) in [6.45, 7) is 6.55. The molecule has 0 fully saturated rings. The summed E-state index contributed by atoms with van der Waals surface area (Å²) in [5.74, 6) is 1.19. The van der Waals surface area contributed by atoms with Gasteiger partial charge in [-0.3, -0.25) is 0 Å². The van der Waals surface area contributed by atoms with Gasteiger partial charge in [0.2, 0.25) is 0 Å². The van der Waals surface area contributed by atoms with E-state index < -0.39 is 0 Å². The minimum Gasteiger partial charge on any atom is -0.371 e. The van der Waals surface area contributed by atoms with E-state index in [1.165, 1.54) is 0 Å². The quantitative estimate of drug-likeness (QED) is 0.819. The monoisotopic (exact) mass is 251 g/mol. The van der Waals surface area contributed by atoms with E-state index in [1.807, 2.05) is 6.20 Å². The second kappa shape index (κ2) is 6.66. The van der Waals surface area contributed by atoms with Crippen molar-refractivity contribution in [2.45, 2.75) is 26.3 Å². The molecule has 1 aromatic heterocycles. The Hall–Kier alpha value is -1.20. The molecular formula is C13H25N5. The van der Waals surface area contributed by atoms with Crippen molar-refractivity contribution in [3.8, 4) is 0 Å². The Morgan fingerprint density at radius 1 is 1.22 bits per heavy atom.